The van der Waals surface area contributed by atoms with Crippen molar-refractivity contribution in [2.75, 3.05) is 13.1 Å². The van der Waals surface area contributed by atoms with Gasteiger partial charge in [0.15, 0.2) is 0 Å². The van der Waals surface area contributed by atoms with Crippen molar-refractivity contribution in [3.05, 3.63) is 33.3 Å². The number of carbonyl (C=O) groups is 1. The molecule has 1 amide bonds. The number of rotatable bonds is 6. The highest BCUT2D eigenvalue weighted by molar-refractivity contribution is 9.10. The van der Waals surface area contributed by atoms with Crippen LogP contribution >= 0.6 is 27.5 Å². The summed E-state index contributed by atoms with van der Waals surface area (Å²) in [5.74, 6) is 0. The van der Waals surface area contributed by atoms with Gasteiger partial charge in [-0.15, -0.1) is 0 Å². The molecule has 0 saturated heterocycles. The average molecular weight is 378 g/mol. The quantitative estimate of drug-likeness (QED) is 0.734. The molecule has 21 heavy (non-hydrogen) atoms. The first-order chi connectivity index (χ1) is 9.78. The van der Waals surface area contributed by atoms with Crippen molar-refractivity contribution in [2.45, 2.75) is 39.3 Å². The van der Waals surface area contributed by atoms with Crippen molar-refractivity contribution in [3.63, 3.8) is 0 Å². The van der Waals surface area contributed by atoms with Crippen molar-refractivity contribution in [1.29, 1.82) is 0 Å². The van der Waals surface area contributed by atoms with Crippen molar-refractivity contribution in [2.24, 2.45) is 0 Å². The Morgan fingerprint density at radius 3 is 2.71 bits per heavy atom. The highest BCUT2D eigenvalue weighted by Crippen LogP contribution is 2.20. The Labute approximate surface area is 139 Å². The molecule has 6 heteroatoms. The lowest BCUT2D eigenvalue weighted by molar-refractivity contribution is 0.0527. The fraction of sp³-hybridized carbons (Fsp3) is 0.533. The summed E-state index contributed by atoms with van der Waals surface area (Å²) in [6.07, 6.45) is 0.456. The van der Waals surface area contributed by atoms with Crippen LogP contribution < -0.4 is 10.6 Å². The molecule has 0 aliphatic rings. The fourth-order valence-electron chi connectivity index (χ4n) is 1.62. The fourth-order valence-corrected chi connectivity index (χ4v) is 2.20. The second-order valence-electron chi connectivity index (χ2n) is 5.69. The Morgan fingerprint density at radius 2 is 2.05 bits per heavy atom. The molecule has 0 aliphatic heterocycles. The molecule has 2 N–H and O–H groups in total. The van der Waals surface area contributed by atoms with Crippen LogP contribution in [0.2, 0.25) is 5.02 Å². The van der Waals surface area contributed by atoms with Crippen LogP contribution in [0.5, 0.6) is 0 Å². The molecular formula is C15H22BrClN2O2. The monoisotopic (exact) mass is 376 g/mol. The van der Waals surface area contributed by atoms with Crippen LogP contribution in [0.3, 0.4) is 0 Å². The van der Waals surface area contributed by atoms with Gasteiger partial charge in [0, 0.05) is 22.6 Å². The van der Waals surface area contributed by atoms with Gasteiger partial charge in [-0.2, -0.15) is 0 Å². The summed E-state index contributed by atoms with van der Waals surface area (Å²) in [5.41, 5.74) is 0.656. The Kier molecular flexibility index (Phi) is 7.49. The SMILES string of the molecule is CC(C)(C)OC(=O)NCCCNCc1cc(Cl)ccc1Br. The van der Waals surface area contributed by atoms with Crippen LogP contribution in [0.1, 0.15) is 32.8 Å². The number of hydrogen-bond acceptors (Lipinski definition) is 3. The van der Waals surface area contributed by atoms with Gasteiger partial charge in [0.25, 0.3) is 0 Å². The van der Waals surface area contributed by atoms with E-state index in [1.54, 1.807) is 0 Å². The van der Waals surface area contributed by atoms with Crippen LogP contribution in [-0.2, 0) is 11.3 Å². The number of benzene rings is 1. The van der Waals surface area contributed by atoms with E-state index in [0.717, 1.165) is 34.6 Å². The zero-order valence-electron chi connectivity index (χ0n) is 12.6. The lowest BCUT2D eigenvalue weighted by Crippen LogP contribution is -2.33. The van der Waals surface area contributed by atoms with Gasteiger partial charge < -0.3 is 15.4 Å². The molecule has 0 fully saturated rings. The first-order valence-corrected chi connectivity index (χ1v) is 8.06. The summed E-state index contributed by atoms with van der Waals surface area (Å²) >= 11 is 9.44. The molecule has 0 atom stereocenters. The molecule has 1 aromatic carbocycles. The summed E-state index contributed by atoms with van der Waals surface area (Å²) in [5, 5.41) is 6.76. The van der Waals surface area contributed by atoms with E-state index in [0.29, 0.717) is 6.54 Å². The predicted molar refractivity (Wildman–Crippen MR) is 89.7 cm³/mol. The van der Waals surface area contributed by atoms with Crippen molar-refractivity contribution < 1.29 is 9.53 Å². The van der Waals surface area contributed by atoms with Crippen LogP contribution in [-0.4, -0.2) is 24.8 Å². The number of hydrogen-bond donors (Lipinski definition) is 2. The highest BCUT2D eigenvalue weighted by Gasteiger charge is 2.15. The largest absolute Gasteiger partial charge is 0.444 e. The molecule has 0 radical (unpaired) electrons. The number of amides is 1. The Balaban J connectivity index is 2.15. The summed E-state index contributed by atoms with van der Waals surface area (Å²) in [7, 11) is 0. The van der Waals surface area contributed by atoms with Crippen LogP contribution in [0, 0.1) is 0 Å². The van der Waals surface area contributed by atoms with E-state index in [4.69, 9.17) is 16.3 Å². The number of halogens is 2. The molecule has 0 aliphatic carbocycles. The standard InChI is InChI=1S/C15H22BrClN2O2/c1-15(2,3)21-14(20)19-8-4-7-18-10-11-9-12(17)5-6-13(11)16/h5-6,9,18H,4,7-8,10H2,1-3H3,(H,19,20). The highest BCUT2D eigenvalue weighted by atomic mass is 79.9. The maximum absolute atomic E-state index is 11.4. The minimum Gasteiger partial charge on any atom is -0.444 e. The minimum atomic E-state index is -0.457. The lowest BCUT2D eigenvalue weighted by Gasteiger charge is -2.19. The molecule has 1 rings (SSSR count). The number of nitrogens with one attached hydrogen (secondary N) is 2. The molecule has 4 nitrogen and oxygen atoms in total. The summed E-state index contributed by atoms with van der Waals surface area (Å²) in [6.45, 7) is 7.64. The molecule has 1 aromatic rings. The molecule has 0 heterocycles. The number of ether oxygens (including phenoxy) is 1. The first kappa shape index (κ1) is 18.3. The molecule has 0 spiro atoms. The zero-order chi connectivity index (χ0) is 15.9. The summed E-state index contributed by atoms with van der Waals surface area (Å²) < 4.78 is 6.18. The van der Waals surface area contributed by atoms with Gasteiger partial charge in [0.1, 0.15) is 5.60 Å². The lowest BCUT2D eigenvalue weighted by atomic mass is 10.2. The van der Waals surface area contributed by atoms with Gasteiger partial charge in [-0.25, -0.2) is 4.79 Å². The average Bonchev–Trinajstić information content (AvgIpc) is 2.35. The smallest absolute Gasteiger partial charge is 0.407 e. The Bertz CT molecular complexity index is 475. The van der Waals surface area contributed by atoms with E-state index < -0.39 is 5.60 Å². The van der Waals surface area contributed by atoms with E-state index in [2.05, 4.69) is 26.6 Å². The molecule has 0 aromatic heterocycles. The topological polar surface area (TPSA) is 50.4 Å². The molecule has 0 unspecified atom stereocenters. The van der Waals surface area contributed by atoms with Crippen LogP contribution in [0.4, 0.5) is 4.79 Å². The van der Waals surface area contributed by atoms with E-state index in [1.165, 1.54) is 0 Å². The predicted octanol–water partition coefficient (Wildman–Crippen LogP) is 4.11. The van der Waals surface area contributed by atoms with Crippen molar-refractivity contribution in [1.82, 2.24) is 10.6 Å². The van der Waals surface area contributed by atoms with Crippen molar-refractivity contribution >= 4 is 33.6 Å². The third-order valence-corrected chi connectivity index (χ3v) is 3.53. The Morgan fingerprint density at radius 1 is 1.33 bits per heavy atom. The van der Waals surface area contributed by atoms with Gasteiger partial charge in [-0.3, -0.25) is 0 Å². The third kappa shape index (κ3) is 8.29. The van der Waals surface area contributed by atoms with Crippen LogP contribution in [0.25, 0.3) is 0 Å². The zero-order valence-corrected chi connectivity index (χ0v) is 15.0. The van der Waals surface area contributed by atoms with Crippen LogP contribution in [0.15, 0.2) is 22.7 Å². The van der Waals surface area contributed by atoms with Gasteiger partial charge in [-0.05, 0) is 57.5 Å². The second-order valence-corrected chi connectivity index (χ2v) is 6.99. The van der Waals surface area contributed by atoms with Gasteiger partial charge in [-0.1, -0.05) is 27.5 Å². The van der Waals surface area contributed by atoms with Gasteiger partial charge >= 0.3 is 6.09 Å². The number of alkyl carbamates (subject to hydrolysis) is 1. The molecule has 0 saturated carbocycles. The molecule has 118 valence electrons. The molecular weight excluding hydrogens is 356 g/mol. The van der Waals surface area contributed by atoms with Gasteiger partial charge in [0.05, 0.1) is 0 Å². The van der Waals surface area contributed by atoms with Gasteiger partial charge in [0.2, 0.25) is 0 Å². The summed E-state index contributed by atoms with van der Waals surface area (Å²) in [4.78, 5) is 11.4. The second kappa shape index (κ2) is 8.61. The maximum atomic E-state index is 11.4. The third-order valence-electron chi connectivity index (χ3n) is 2.52. The summed E-state index contributed by atoms with van der Waals surface area (Å²) in [6, 6.07) is 5.71. The van der Waals surface area contributed by atoms with E-state index in [9.17, 15) is 4.79 Å². The maximum Gasteiger partial charge on any atom is 0.407 e. The normalized spacial score (nSPS) is 11.3. The minimum absolute atomic E-state index is 0.375. The molecule has 0 bridgehead atoms. The Hall–Kier alpha value is -0.780. The van der Waals surface area contributed by atoms with Crippen molar-refractivity contribution in [3.8, 4) is 0 Å². The van der Waals surface area contributed by atoms with E-state index >= 15 is 0 Å². The first-order valence-electron chi connectivity index (χ1n) is 6.89. The van der Waals surface area contributed by atoms with E-state index in [1.807, 2.05) is 39.0 Å². The van der Waals surface area contributed by atoms with E-state index in [-0.39, 0.29) is 6.09 Å². The number of carbonyl (C=O) groups excluding carboxylic acids is 1.